The number of carbonyl (C=O) groups excluding carboxylic acids is 2. The number of amides is 1. The van der Waals surface area contributed by atoms with Gasteiger partial charge in [-0.1, -0.05) is 73.7 Å². The molecule has 1 amide bonds. The lowest BCUT2D eigenvalue weighted by molar-refractivity contribution is -0.140. The van der Waals surface area contributed by atoms with E-state index in [2.05, 4.69) is 31.2 Å². The van der Waals surface area contributed by atoms with Crippen molar-refractivity contribution in [2.75, 3.05) is 18.6 Å². The van der Waals surface area contributed by atoms with Crippen molar-refractivity contribution in [2.24, 2.45) is 0 Å². The van der Waals surface area contributed by atoms with Crippen LogP contribution in [0.4, 0.5) is 5.69 Å². The molecule has 6 nitrogen and oxygen atoms in total. The predicted molar refractivity (Wildman–Crippen MR) is 157 cm³/mol. The van der Waals surface area contributed by atoms with E-state index in [1.54, 1.807) is 6.08 Å². The van der Waals surface area contributed by atoms with Gasteiger partial charge in [-0.05, 0) is 76.4 Å². The fraction of sp³-hybridized carbons (Fsp3) is 0.156. The Hall–Kier alpha value is -4.49. The normalized spacial score (nSPS) is 14.4. The van der Waals surface area contributed by atoms with Gasteiger partial charge in [0.05, 0.1) is 12.8 Å². The highest BCUT2D eigenvalue weighted by Gasteiger charge is 2.40. The number of thiocarbonyl (C=S) groups is 1. The number of fused-ring (bicyclic) bond motifs is 1. The smallest absolute Gasteiger partial charge is 0.325 e. The zero-order valence-corrected chi connectivity index (χ0v) is 22.6. The summed E-state index contributed by atoms with van der Waals surface area (Å²) in [5, 5.41) is 2.57. The number of methoxy groups -OCH3 is 1. The molecule has 0 saturated carbocycles. The molecule has 0 N–H and O–H groups in total. The van der Waals surface area contributed by atoms with Crippen molar-refractivity contribution >= 4 is 51.7 Å². The molecule has 1 fully saturated rings. The maximum atomic E-state index is 13.5. The number of hydrogen-bond donors (Lipinski definition) is 0. The first-order valence-electron chi connectivity index (χ1n) is 12.7. The molecule has 39 heavy (non-hydrogen) atoms. The van der Waals surface area contributed by atoms with Crippen LogP contribution in [0.15, 0.2) is 96.7 Å². The van der Waals surface area contributed by atoms with E-state index in [1.165, 1.54) is 22.3 Å². The highest BCUT2D eigenvalue weighted by molar-refractivity contribution is 7.80. The zero-order valence-electron chi connectivity index (χ0n) is 21.8. The number of ether oxygens (including phenoxy) is 2. The van der Waals surface area contributed by atoms with Gasteiger partial charge in [-0.3, -0.25) is 14.5 Å². The first kappa shape index (κ1) is 26.1. The largest absolute Gasteiger partial charge is 0.489 e. The van der Waals surface area contributed by atoms with Crippen LogP contribution >= 0.6 is 12.2 Å². The number of nitrogens with zero attached hydrogens (tertiary/aromatic N) is 2. The van der Waals surface area contributed by atoms with Crippen molar-refractivity contribution in [2.45, 2.75) is 20.0 Å². The van der Waals surface area contributed by atoms with Crippen molar-refractivity contribution in [1.82, 2.24) is 4.90 Å². The van der Waals surface area contributed by atoms with Crippen molar-refractivity contribution < 1.29 is 19.1 Å². The van der Waals surface area contributed by atoms with Crippen LogP contribution in [-0.4, -0.2) is 35.5 Å². The number of carbonyl (C=O) groups is 2. The van der Waals surface area contributed by atoms with Gasteiger partial charge in [0.15, 0.2) is 5.11 Å². The van der Waals surface area contributed by atoms with E-state index in [1.807, 2.05) is 66.7 Å². The second-order valence-electron chi connectivity index (χ2n) is 9.13. The lowest BCUT2D eigenvalue weighted by Crippen LogP contribution is -2.35. The first-order valence-corrected chi connectivity index (χ1v) is 13.1. The number of hydrogen-bond acceptors (Lipinski definition) is 5. The van der Waals surface area contributed by atoms with Crippen LogP contribution in [0.3, 0.4) is 0 Å². The molecule has 4 aromatic rings. The van der Waals surface area contributed by atoms with E-state index >= 15 is 0 Å². The quantitative estimate of drug-likeness (QED) is 0.153. The highest BCUT2D eigenvalue weighted by atomic mass is 32.1. The highest BCUT2D eigenvalue weighted by Crippen LogP contribution is 2.30. The van der Waals surface area contributed by atoms with Crippen LogP contribution in [0.2, 0.25) is 0 Å². The SMILES string of the molecule is CCc1ccc(N2C(=O)/C(=C/c3ccc(OCc4cccc5ccccc45)cc3)N(CC(=O)OC)C2=S)cc1. The molecule has 1 aliphatic rings. The van der Waals surface area contributed by atoms with Gasteiger partial charge in [0, 0.05) is 0 Å². The summed E-state index contributed by atoms with van der Waals surface area (Å²) in [4.78, 5) is 28.7. The molecule has 0 aromatic heterocycles. The summed E-state index contributed by atoms with van der Waals surface area (Å²) in [6.07, 6.45) is 2.62. The summed E-state index contributed by atoms with van der Waals surface area (Å²) >= 11 is 5.64. The summed E-state index contributed by atoms with van der Waals surface area (Å²) in [5.74, 6) is -0.0803. The number of aryl methyl sites for hydroxylation is 1. The molecular weight excluding hydrogens is 508 g/mol. The molecule has 5 rings (SSSR count). The number of benzene rings is 4. The second kappa shape index (κ2) is 11.5. The summed E-state index contributed by atoms with van der Waals surface area (Å²) in [5.41, 5.74) is 3.99. The molecule has 7 heteroatoms. The van der Waals surface area contributed by atoms with Crippen LogP contribution in [-0.2, 0) is 27.4 Å². The Labute approximate surface area is 233 Å². The van der Waals surface area contributed by atoms with Gasteiger partial charge in [-0.2, -0.15) is 0 Å². The topological polar surface area (TPSA) is 59.1 Å². The standard InChI is InChI=1S/C32H28N2O4S/c1-3-22-11-15-26(16-12-22)34-31(36)29(33(32(34)39)20-30(35)37-2)19-23-13-17-27(18-14-23)38-21-25-9-6-8-24-7-4-5-10-28(24)25/h4-19H,3,20-21H2,1-2H3/b29-19-. The second-order valence-corrected chi connectivity index (χ2v) is 9.50. The van der Waals surface area contributed by atoms with Gasteiger partial charge >= 0.3 is 5.97 Å². The van der Waals surface area contributed by atoms with E-state index in [0.717, 1.165) is 28.5 Å². The van der Waals surface area contributed by atoms with Crippen molar-refractivity contribution in [3.63, 3.8) is 0 Å². The Bertz CT molecular complexity index is 1560. The lowest BCUT2D eigenvalue weighted by Gasteiger charge is -2.19. The predicted octanol–water partition coefficient (Wildman–Crippen LogP) is 6.13. The molecular formula is C32H28N2O4S. The molecule has 4 aromatic carbocycles. The van der Waals surface area contributed by atoms with E-state index < -0.39 is 5.97 Å². The third-order valence-corrected chi connectivity index (χ3v) is 7.11. The maximum Gasteiger partial charge on any atom is 0.325 e. The van der Waals surface area contributed by atoms with E-state index in [0.29, 0.717) is 23.7 Å². The summed E-state index contributed by atoms with van der Waals surface area (Å²) < 4.78 is 10.9. The molecule has 1 aliphatic heterocycles. The minimum Gasteiger partial charge on any atom is -0.489 e. The molecule has 1 heterocycles. The van der Waals surface area contributed by atoms with E-state index in [4.69, 9.17) is 21.7 Å². The van der Waals surface area contributed by atoms with Gasteiger partial charge in [-0.25, -0.2) is 0 Å². The molecule has 0 radical (unpaired) electrons. The Balaban J connectivity index is 1.37. The molecule has 1 saturated heterocycles. The van der Waals surface area contributed by atoms with E-state index in [9.17, 15) is 9.59 Å². The zero-order chi connectivity index (χ0) is 27.4. The third kappa shape index (κ3) is 5.54. The van der Waals surface area contributed by atoms with Crippen LogP contribution in [0.1, 0.15) is 23.6 Å². The number of anilines is 1. The lowest BCUT2D eigenvalue weighted by atomic mass is 10.1. The summed E-state index contributed by atoms with van der Waals surface area (Å²) in [6, 6.07) is 29.5. The van der Waals surface area contributed by atoms with Gasteiger partial charge < -0.3 is 14.4 Å². The average molecular weight is 537 g/mol. The molecule has 0 unspecified atom stereocenters. The fourth-order valence-electron chi connectivity index (χ4n) is 4.53. The average Bonchev–Trinajstić information content (AvgIpc) is 3.20. The molecule has 0 aliphatic carbocycles. The van der Waals surface area contributed by atoms with E-state index in [-0.39, 0.29) is 17.6 Å². The Morgan fingerprint density at radius 2 is 1.64 bits per heavy atom. The maximum absolute atomic E-state index is 13.5. The van der Waals surface area contributed by atoms with Crippen LogP contribution in [0.25, 0.3) is 16.8 Å². The van der Waals surface area contributed by atoms with Crippen LogP contribution < -0.4 is 9.64 Å². The number of rotatable bonds is 8. The van der Waals surface area contributed by atoms with Crippen molar-refractivity contribution in [3.8, 4) is 5.75 Å². The van der Waals surface area contributed by atoms with Gasteiger partial charge in [-0.15, -0.1) is 0 Å². The Kier molecular flexibility index (Phi) is 7.70. The Morgan fingerprint density at radius 1 is 0.923 bits per heavy atom. The van der Waals surface area contributed by atoms with Gasteiger partial charge in [0.1, 0.15) is 24.6 Å². The van der Waals surface area contributed by atoms with Crippen molar-refractivity contribution in [1.29, 1.82) is 0 Å². The van der Waals surface area contributed by atoms with Gasteiger partial charge in [0.2, 0.25) is 0 Å². The minimum absolute atomic E-state index is 0.164. The van der Waals surface area contributed by atoms with Crippen LogP contribution in [0.5, 0.6) is 5.75 Å². The molecule has 196 valence electrons. The molecule has 0 spiro atoms. The van der Waals surface area contributed by atoms with Gasteiger partial charge in [0.25, 0.3) is 5.91 Å². The minimum atomic E-state index is -0.489. The first-order chi connectivity index (χ1) is 19.0. The molecule has 0 bridgehead atoms. The summed E-state index contributed by atoms with van der Waals surface area (Å²) in [7, 11) is 1.31. The number of esters is 1. The fourth-order valence-corrected chi connectivity index (χ4v) is 4.88. The van der Waals surface area contributed by atoms with Crippen LogP contribution in [0, 0.1) is 0 Å². The van der Waals surface area contributed by atoms with Crippen molar-refractivity contribution in [3.05, 3.63) is 113 Å². The Morgan fingerprint density at radius 3 is 2.36 bits per heavy atom. The monoisotopic (exact) mass is 536 g/mol. The summed E-state index contributed by atoms with van der Waals surface area (Å²) in [6.45, 7) is 2.34. The molecule has 0 atom stereocenters. The third-order valence-electron chi connectivity index (χ3n) is 6.71.